The molecule has 0 radical (unpaired) electrons. The summed E-state index contributed by atoms with van der Waals surface area (Å²) in [7, 11) is 0.371. The molecule has 0 aliphatic carbocycles. The van der Waals surface area contributed by atoms with Crippen molar-refractivity contribution in [3.8, 4) is 11.5 Å². The van der Waals surface area contributed by atoms with Gasteiger partial charge in [-0.25, -0.2) is 12.8 Å². The van der Waals surface area contributed by atoms with Crippen LogP contribution in [0, 0.1) is 5.82 Å². The van der Waals surface area contributed by atoms with Gasteiger partial charge in [-0.15, -0.1) is 0 Å². The van der Waals surface area contributed by atoms with E-state index >= 15 is 0 Å². The fourth-order valence-electron chi connectivity index (χ4n) is 3.46. The van der Waals surface area contributed by atoms with Crippen LogP contribution in [0.15, 0.2) is 42.5 Å². The van der Waals surface area contributed by atoms with Gasteiger partial charge < -0.3 is 19.7 Å². The molecule has 0 bridgehead atoms. The normalized spacial score (nSPS) is 11.9. The molecule has 0 aliphatic heterocycles. The summed E-state index contributed by atoms with van der Waals surface area (Å²) in [5.74, 6) is -0.797. The van der Waals surface area contributed by atoms with Crippen molar-refractivity contribution >= 4 is 27.5 Å². The predicted octanol–water partition coefficient (Wildman–Crippen LogP) is 2.16. The number of nitrogens with zero attached hydrogens (tertiary/aromatic N) is 2. The molecule has 2 rings (SSSR count). The number of sulfonamides is 1. The molecule has 0 aromatic heterocycles. The lowest BCUT2D eigenvalue weighted by Crippen LogP contribution is -2.51. The molecule has 0 saturated carbocycles. The topological polar surface area (TPSA) is 105 Å². The summed E-state index contributed by atoms with van der Waals surface area (Å²) in [6, 6.07) is 9.20. The van der Waals surface area contributed by atoms with Gasteiger partial charge >= 0.3 is 0 Å². The minimum Gasteiger partial charge on any atom is -0.497 e. The highest BCUT2D eigenvalue weighted by Crippen LogP contribution is 2.33. The highest BCUT2D eigenvalue weighted by molar-refractivity contribution is 7.92. The summed E-state index contributed by atoms with van der Waals surface area (Å²) in [5, 5.41) is 2.53. The van der Waals surface area contributed by atoms with Gasteiger partial charge in [0.15, 0.2) is 0 Å². The summed E-state index contributed by atoms with van der Waals surface area (Å²) in [4.78, 5) is 27.3. The van der Waals surface area contributed by atoms with E-state index in [1.54, 1.807) is 13.0 Å². The lowest BCUT2D eigenvalue weighted by atomic mass is 10.1. The van der Waals surface area contributed by atoms with E-state index in [4.69, 9.17) is 9.47 Å². The molecule has 186 valence electrons. The Hall–Kier alpha value is -3.34. The number of rotatable bonds is 11. The van der Waals surface area contributed by atoms with E-state index in [0.29, 0.717) is 11.3 Å². The van der Waals surface area contributed by atoms with Gasteiger partial charge in [0.2, 0.25) is 21.8 Å². The largest absolute Gasteiger partial charge is 0.497 e. The van der Waals surface area contributed by atoms with Crippen molar-refractivity contribution < 1.29 is 31.9 Å². The third-order valence-electron chi connectivity index (χ3n) is 5.23. The standard InChI is InChI=1S/C23H30FN3O6S/c1-6-19(23(29)25-2)26(14-16-7-9-17(24)10-8-16)22(28)15-27(34(5,30)31)20-12-11-18(32-3)13-21(20)33-4/h7-13,19H,6,14-15H2,1-5H3,(H,25,29). The molecule has 2 aromatic rings. The molecule has 0 saturated heterocycles. The van der Waals surface area contributed by atoms with Crippen molar-refractivity contribution in [2.75, 3.05) is 38.4 Å². The van der Waals surface area contributed by atoms with E-state index in [-0.39, 0.29) is 24.4 Å². The summed E-state index contributed by atoms with van der Waals surface area (Å²) < 4.78 is 50.1. The van der Waals surface area contributed by atoms with E-state index in [0.717, 1.165) is 10.6 Å². The predicted molar refractivity (Wildman–Crippen MR) is 127 cm³/mol. The Morgan fingerprint density at radius 3 is 2.24 bits per heavy atom. The van der Waals surface area contributed by atoms with Crippen LogP contribution in [0.3, 0.4) is 0 Å². The lowest BCUT2D eigenvalue weighted by molar-refractivity contribution is -0.140. The maximum absolute atomic E-state index is 13.5. The van der Waals surface area contributed by atoms with Crippen LogP contribution in [0.2, 0.25) is 0 Å². The van der Waals surface area contributed by atoms with Crippen molar-refractivity contribution in [1.29, 1.82) is 0 Å². The zero-order valence-corrected chi connectivity index (χ0v) is 20.7. The zero-order chi connectivity index (χ0) is 25.5. The molecule has 11 heteroatoms. The van der Waals surface area contributed by atoms with Gasteiger partial charge in [0.1, 0.15) is 29.9 Å². The third kappa shape index (κ3) is 6.60. The van der Waals surface area contributed by atoms with Gasteiger partial charge in [-0.2, -0.15) is 0 Å². The van der Waals surface area contributed by atoms with E-state index in [1.807, 2.05) is 0 Å². The smallest absolute Gasteiger partial charge is 0.244 e. The van der Waals surface area contributed by atoms with Crippen LogP contribution >= 0.6 is 0 Å². The molecule has 0 fully saturated rings. The van der Waals surface area contributed by atoms with Gasteiger partial charge in [-0.05, 0) is 36.2 Å². The van der Waals surface area contributed by atoms with E-state index in [9.17, 15) is 22.4 Å². The van der Waals surface area contributed by atoms with Crippen molar-refractivity contribution in [2.24, 2.45) is 0 Å². The first kappa shape index (κ1) is 26.9. The number of hydrogen-bond donors (Lipinski definition) is 1. The third-order valence-corrected chi connectivity index (χ3v) is 6.36. The summed E-state index contributed by atoms with van der Waals surface area (Å²) in [6.45, 7) is 1.16. The van der Waals surface area contributed by atoms with Crippen LogP contribution in [0.1, 0.15) is 18.9 Å². The van der Waals surface area contributed by atoms with Crippen LogP contribution < -0.4 is 19.1 Å². The minimum atomic E-state index is -3.92. The van der Waals surface area contributed by atoms with Gasteiger partial charge in [-0.1, -0.05) is 19.1 Å². The van der Waals surface area contributed by atoms with Gasteiger partial charge in [0.05, 0.1) is 26.2 Å². The Bertz CT molecular complexity index is 1110. The molecule has 1 unspecified atom stereocenters. The number of carbonyl (C=O) groups excluding carboxylic acids is 2. The Morgan fingerprint density at radius 2 is 1.74 bits per heavy atom. The molecule has 0 spiro atoms. The SMILES string of the molecule is CCC(C(=O)NC)N(Cc1ccc(F)cc1)C(=O)CN(c1ccc(OC)cc1OC)S(C)(=O)=O. The van der Waals surface area contributed by atoms with E-state index in [2.05, 4.69) is 5.32 Å². The quantitative estimate of drug-likeness (QED) is 0.512. The van der Waals surface area contributed by atoms with E-state index in [1.165, 1.54) is 62.6 Å². The molecule has 2 aromatic carbocycles. The Labute approximate surface area is 199 Å². The average Bonchev–Trinajstić information content (AvgIpc) is 2.82. The fraction of sp³-hybridized carbons (Fsp3) is 0.391. The molecule has 1 N–H and O–H groups in total. The molecule has 0 heterocycles. The number of hydrogen-bond acceptors (Lipinski definition) is 6. The van der Waals surface area contributed by atoms with Gasteiger partial charge in [0.25, 0.3) is 0 Å². The first-order valence-electron chi connectivity index (χ1n) is 10.5. The van der Waals surface area contributed by atoms with Crippen LogP contribution in [0.4, 0.5) is 10.1 Å². The van der Waals surface area contributed by atoms with E-state index < -0.39 is 40.2 Å². The number of likely N-dealkylation sites (N-methyl/N-ethyl adjacent to an activating group) is 1. The summed E-state index contributed by atoms with van der Waals surface area (Å²) in [5.41, 5.74) is 0.735. The Morgan fingerprint density at radius 1 is 1.09 bits per heavy atom. The molecule has 1 atom stereocenters. The number of benzene rings is 2. The van der Waals surface area contributed by atoms with Crippen molar-refractivity contribution in [2.45, 2.75) is 25.9 Å². The summed E-state index contributed by atoms with van der Waals surface area (Å²) >= 11 is 0. The van der Waals surface area contributed by atoms with Crippen molar-refractivity contribution in [3.05, 3.63) is 53.8 Å². The second-order valence-electron chi connectivity index (χ2n) is 7.49. The highest BCUT2D eigenvalue weighted by atomic mass is 32.2. The molecule has 0 aliphatic rings. The number of amides is 2. The molecular formula is C23H30FN3O6S. The summed E-state index contributed by atoms with van der Waals surface area (Å²) in [6.07, 6.45) is 1.27. The lowest BCUT2D eigenvalue weighted by Gasteiger charge is -2.32. The number of anilines is 1. The van der Waals surface area contributed by atoms with Gasteiger partial charge in [0, 0.05) is 19.7 Å². The minimum absolute atomic E-state index is 0.0115. The second kappa shape index (κ2) is 11.7. The number of methoxy groups -OCH3 is 2. The van der Waals surface area contributed by atoms with Crippen LogP contribution in [-0.2, 0) is 26.2 Å². The first-order valence-corrected chi connectivity index (χ1v) is 12.4. The molecule has 34 heavy (non-hydrogen) atoms. The molecular weight excluding hydrogens is 465 g/mol. The maximum Gasteiger partial charge on any atom is 0.244 e. The van der Waals surface area contributed by atoms with Gasteiger partial charge in [-0.3, -0.25) is 13.9 Å². The Kier molecular flexibility index (Phi) is 9.25. The van der Waals surface area contributed by atoms with Crippen LogP contribution in [0.5, 0.6) is 11.5 Å². The number of ether oxygens (including phenoxy) is 2. The number of halogens is 1. The van der Waals surface area contributed by atoms with Crippen molar-refractivity contribution in [3.63, 3.8) is 0 Å². The Balaban J connectivity index is 2.48. The monoisotopic (exact) mass is 495 g/mol. The first-order chi connectivity index (χ1) is 16.0. The fourth-order valence-corrected chi connectivity index (χ4v) is 4.31. The number of nitrogens with one attached hydrogen (secondary N) is 1. The maximum atomic E-state index is 13.5. The second-order valence-corrected chi connectivity index (χ2v) is 9.40. The molecule has 9 nitrogen and oxygen atoms in total. The molecule has 2 amide bonds. The zero-order valence-electron chi connectivity index (χ0n) is 19.9. The average molecular weight is 496 g/mol. The van der Waals surface area contributed by atoms with Crippen LogP contribution in [0.25, 0.3) is 0 Å². The van der Waals surface area contributed by atoms with Crippen LogP contribution in [-0.4, -0.2) is 65.2 Å². The number of carbonyl (C=O) groups is 2. The highest BCUT2D eigenvalue weighted by Gasteiger charge is 2.32. The van der Waals surface area contributed by atoms with Crippen molar-refractivity contribution in [1.82, 2.24) is 10.2 Å².